The van der Waals surface area contributed by atoms with Crippen LogP contribution in [0.1, 0.15) is 27.0 Å². The second kappa shape index (κ2) is 7.37. The predicted octanol–water partition coefficient (Wildman–Crippen LogP) is 4.31. The van der Waals surface area contributed by atoms with E-state index >= 15 is 0 Å². The summed E-state index contributed by atoms with van der Waals surface area (Å²) in [7, 11) is -3.66. The maximum atomic E-state index is 13.1. The van der Waals surface area contributed by atoms with Crippen molar-refractivity contribution in [3.05, 3.63) is 89.0 Å². The lowest BCUT2D eigenvalue weighted by molar-refractivity contribution is 0.102. The number of rotatable bonds is 4. The number of para-hydroxylation sites is 1. The number of benzene rings is 3. The lowest BCUT2D eigenvalue weighted by Crippen LogP contribution is -2.29. The molecule has 0 unspecified atom stereocenters. The highest BCUT2D eigenvalue weighted by Gasteiger charge is 2.30. The summed E-state index contributed by atoms with van der Waals surface area (Å²) in [6.45, 7) is 4.37. The van der Waals surface area contributed by atoms with E-state index < -0.39 is 10.0 Å². The predicted molar refractivity (Wildman–Crippen MR) is 115 cm³/mol. The van der Waals surface area contributed by atoms with E-state index in [0.717, 1.165) is 28.1 Å². The average molecular weight is 407 g/mol. The van der Waals surface area contributed by atoms with E-state index in [1.54, 1.807) is 12.1 Å². The van der Waals surface area contributed by atoms with Gasteiger partial charge in [0, 0.05) is 17.8 Å². The number of amides is 1. The minimum atomic E-state index is -3.66. The number of fused-ring (bicyclic) bond motifs is 1. The number of nitrogens with zero attached hydrogens (tertiary/aromatic N) is 1. The van der Waals surface area contributed by atoms with Crippen LogP contribution >= 0.6 is 0 Å². The molecule has 0 spiro atoms. The monoisotopic (exact) mass is 406 g/mol. The van der Waals surface area contributed by atoms with Crippen LogP contribution in [0.4, 0.5) is 11.4 Å². The van der Waals surface area contributed by atoms with Crippen molar-refractivity contribution in [3.63, 3.8) is 0 Å². The number of aryl methyl sites for hydroxylation is 1. The smallest absolute Gasteiger partial charge is 0.264 e. The normalized spacial score (nSPS) is 13.2. The molecule has 6 heteroatoms. The molecular formula is C23H22N2O3S. The van der Waals surface area contributed by atoms with Gasteiger partial charge in [0.25, 0.3) is 15.9 Å². The van der Waals surface area contributed by atoms with Crippen LogP contribution in [0.2, 0.25) is 0 Å². The van der Waals surface area contributed by atoms with Crippen molar-refractivity contribution in [1.82, 2.24) is 0 Å². The number of carbonyl (C=O) groups is 1. The van der Waals surface area contributed by atoms with E-state index in [1.807, 2.05) is 56.3 Å². The molecule has 1 amide bonds. The van der Waals surface area contributed by atoms with Crippen LogP contribution in [-0.2, 0) is 16.4 Å². The van der Waals surface area contributed by atoms with Crippen LogP contribution in [0.15, 0.2) is 71.6 Å². The zero-order valence-corrected chi connectivity index (χ0v) is 17.2. The molecular weight excluding hydrogens is 384 g/mol. The lowest BCUT2D eigenvalue weighted by Gasteiger charge is -2.19. The van der Waals surface area contributed by atoms with Crippen LogP contribution in [0.25, 0.3) is 0 Å². The van der Waals surface area contributed by atoms with Gasteiger partial charge in [-0.05, 0) is 73.4 Å². The summed E-state index contributed by atoms with van der Waals surface area (Å²) in [5.74, 6) is -0.269. The molecule has 5 nitrogen and oxygen atoms in total. The molecule has 1 aliphatic heterocycles. The first-order chi connectivity index (χ1) is 13.9. The molecule has 0 saturated heterocycles. The van der Waals surface area contributed by atoms with Gasteiger partial charge in [-0.15, -0.1) is 0 Å². The fourth-order valence-corrected chi connectivity index (χ4v) is 5.05. The SMILES string of the molecule is Cc1cccc(NC(=O)c2ccc(S(=O)(=O)N3CCc4ccccc43)cc2)c1C. The Labute approximate surface area is 171 Å². The summed E-state index contributed by atoms with van der Waals surface area (Å²) < 4.78 is 27.6. The highest BCUT2D eigenvalue weighted by atomic mass is 32.2. The average Bonchev–Trinajstić information content (AvgIpc) is 3.16. The Balaban J connectivity index is 1.56. The van der Waals surface area contributed by atoms with Gasteiger partial charge in [0.15, 0.2) is 0 Å². The highest BCUT2D eigenvalue weighted by molar-refractivity contribution is 7.92. The largest absolute Gasteiger partial charge is 0.322 e. The molecule has 1 N–H and O–H groups in total. The van der Waals surface area contributed by atoms with E-state index in [1.165, 1.54) is 16.4 Å². The van der Waals surface area contributed by atoms with Gasteiger partial charge in [-0.1, -0.05) is 30.3 Å². The van der Waals surface area contributed by atoms with Gasteiger partial charge in [0.05, 0.1) is 10.6 Å². The zero-order valence-electron chi connectivity index (χ0n) is 16.3. The molecule has 0 radical (unpaired) electrons. The third-order valence-electron chi connectivity index (χ3n) is 5.40. The Morgan fingerprint density at radius 1 is 0.931 bits per heavy atom. The van der Waals surface area contributed by atoms with Crippen LogP contribution in [0.5, 0.6) is 0 Å². The number of carbonyl (C=O) groups excluding carboxylic acids is 1. The topological polar surface area (TPSA) is 66.5 Å². The summed E-state index contributed by atoms with van der Waals surface area (Å²) in [5, 5.41) is 2.89. The Bertz CT molecular complexity index is 1180. The van der Waals surface area contributed by atoms with Gasteiger partial charge in [0.1, 0.15) is 0 Å². The minimum Gasteiger partial charge on any atom is -0.322 e. The summed E-state index contributed by atoms with van der Waals surface area (Å²) in [5.41, 5.74) is 5.01. The van der Waals surface area contributed by atoms with E-state index in [9.17, 15) is 13.2 Å². The number of sulfonamides is 1. The molecule has 0 bridgehead atoms. The fraction of sp³-hybridized carbons (Fsp3) is 0.174. The number of hydrogen-bond acceptors (Lipinski definition) is 3. The zero-order chi connectivity index (χ0) is 20.6. The molecule has 4 rings (SSSR count). The van der Waals surface area contributed by atoms with E-state index in [2.05, 4.69) is 5.32 Å². The molecule has 148 valence electrons. The molecule has 0 aromatic heterocycles. The van der Waals surface area contributed by atoms with Crippen LogP contribution in [0.3, 0.4) is 0 Å². The van der Waals surface area contributed by atoms with Crippen molar-refractivity contribution in [1.29, 1.82) is 0 Å². The summed E-state index contributed by atoms with van der Waals surface area (Å²) in [6.07, 6.45) is 0.700. The first-order valence-corrected chi connectivity index (χ1v) is 10.9. The van der Waals surface area contributed by atoms with Crippen molar-refractivity contribution in [2.24, 2.45) is 0 Å². The Kier molecular flexibility index (Phi) is 4.88. The van der Waals surface area contributed by atoms with Gasteiger partial charge in [-0.25, -0.2) is 8.42 Å². The van der Waals surface area contributed by atoms with Crippen molar-refractivity contribution in [2.45, 2.75) is 25.2 Å². The second-order valence-corrected chi connectivity index (χ2v) is 9.04. The highest BCUT2D eigenvalue weighted by Crippen LogP contribution is 2.32. The molecule has 1 aliphatic rings. The Morgan fingerprint density at radius 2 is 1.66 bits per heavy atom. The maximum Gasteiger partial charge on any atom is 0.264 e. The fourth-order valence-electron chi connectivity index (χ4n) is 3.54. The van der Waals surface area contributed by atoms with Crippen molar-refractivity contribution in [3.8, 4) is 0 Å². The Hall–Kier alpha value is -3.12. The van der Waals surface area contributed by atoms with E-state index in [-0.39, 0.29) is 10.8 Å². The van der Waals surface area contributed by atoms with Crippen LogP contribution in [-0.4, -0.2) is 20.9 Å². The van der Waals surface area contributed by atoms with Gasteiger partial charge < -0.3 is 5.32 Å². The van der Waals surface area contributed by atoms with Gasteiger partial charge in [0.2, 0.25) is 0 Å². The van der Waals surface area contributed by atoms with E-state index in [4.69, 9.17) is 0 Å². The molecule has 0 aliphatic carbocycles. The van der Waals surface area contributed by atoms with Gasteiger partial charge in [-0.2, -0.15) is 0 Å². The summed E-state index contributed by atoms with van der Waals surface area (Å²) in [4.78, 5) is 12.8. The van der Waals surface area contributed by atoms with E-state index in [0.29, 0.717) is 18.5 Å². The van der Waals surface area contributed by atoms with Crippen molar-refractivity contribution >= 4 is 27.3 Å². The Morgan fingerprint density at radius 3 is 2.41 bits per heavy atom. The quantitative estimate of drug-likeness (QED) is 0.702. The van der Waals surface area contributed by atoms with Crippen molar-refractivity contribution < 1.29 is 13.2 Å². The molecule has 1 heterocycles. The third-order valence-corrected chi connectivity index (χ3v) is 7.23. The molecule has 3 aromatic carbocycles. The van der Waals surface area contributed by atoms with Crippen LogP contribution in [0, 0.1) is 13.8 Å². The maximum absolute atomic E-state index is 13.1. The minimum absolute atomic E-state index is 0.178. The first kappa shape index (κ1) is 19.2. The lowest BCUT2D eigenvalue weighted by atomic mass is 10.1. The molecule has 0 saturated carbocycles. The first-order valence-electron chi connectivity index (χ1n) is 9.46. The molecule has 0 fully saturated rings. The number of hydrogen-bond donors (Lipinski definition) is 1. The summed E-state index contributed by atoms with van der Waals surface area (Å²) in [6, 6.07) is 19.4. The number of anilines is 2. The molecule has 29 heavy (non-hydrogen) atoms. The third kappa shape index (κ3) is 3.51. The second-order valence-electron chi connectivity index (χ2n) is 7.18. The van der Waals surface area contributed by atoms with Crippen LogP contribution < -0.4 is 9.62 Å². The molecule has 3 aromatic rings. The standard InChI is InChI=1S/C23H22N2O3S/c1-16-6-5-8-21(17(16)2)24-23(26)19-10-12-20(13-11-19)29(27,28)25-15-14-18-7-3-4-9-22(18)25/h3-13H,14-15H2,1-2H3,(H,24,26). The van der Waals surface area contributed by atoms with Crippen molar-refractivity contribution in [2.75, 3.05) is 16.2 Å². The summed E-state index contributed by atoms with van der Waals surface area (Å²) >= 11 is 0. The van der Waals surface area contributed by atoms with Gasteiger partial charge >= 0.3 is 0 Å². The number of nitrogens with one attached hydrogen (secondary N) is 1. The molecule has 0 atom stereocenters. The van der Waals surface area contributed by atoms with Gasteiger partial charge in [-0.3, -0.25) is 9.10 Å².